The fourth-order valence-electron chi connectivity index (χ4n) is 2.72. The molecular formula is C14H24N2S. The summed E-state index contributed by atoms with van der Waals surface area (Å²) in [6, 6.07) is 2.71. The van der Waals surface area contributed by atoms with Crippen molar-refractivity contribution in [1.82, 2.24) is 4.90 Å². The third-order valence-electron chi connectivity index (χ3n) is 3.91. The lowest BCUT2D eigenvalue weighted by molar-refractivity contribution is 0.165. The number of nitrogens with zero attached hydrogens (tertiary/aromatic N) is 1. The highest BCUT2D eigenvalue weighted by Gasteiger charge is 2.22. The molecule has 1 aromatic rings. The molecule has 1 aromatic heterocycles. The molecule has 2 nitrogen and oxygen atoms in total. The molecule has 3 heteroatoms. The topological polar surface area (TPSA) is 29.3 Å². The van der Waals surface area contributed by atoms with Gasteiger partial charge in [0.1, 0.15) is 0 Å². The minimum Gasteiger partial charge on any atom is -0.328 e. The maximum atomic E-state index is 5.98. The van der Waals surface area contributed by atoms with Crippen LogP contribution < -0.4 is 5.73 Å². The van der Waals surface area contributed by atoms with Crippen molar-refractivity contribution in [1.29, 1.82) is 0 Å². The molecular weight excluding hydrogens is 228 g/mol. The second kappa shape index (κ2) is 5.51. The van der Waals surface area contributed by atoms with Crippen LogP contribution in [0.25, 0.3) is 0 Å². The SMILES string of the molecule is Cc1cc(CN2CCC(C(C)N)CC2)c(C)s1. The van der Waals surface area contributed by atoms with Crippen molar-refractivity contribution >= 4 is 11.3 Å². The summed E-state index contributed by atoms with van der Waals surface area (Å²) in [4.78, 5) is 5.49. The maximum Gasteiger partial charge on any atom is 0.0244 e. The average molecular weight is 252 g/mol. The van der Waals surface area contributed by atoms with Crippen LogP contribution in [-0.2, 0) is 6.54 Å². The van der Waals surface area contributed by atoms with Crippen molar-refractivity contribution in [3.8, 4) is 0 Å². The monoisotopic (exact) mass is 252 g/mol. The van der Waals surface area contributed by atoms with Crippen LogP contribution in [-0.4, -0.2) is 24.0 Å². The van der Waals surface area contributed by atoms with Crippen molar-refractivity contribution in [2.45, 2.75) is 46.2 Å². The van der Waals surface area contributed by atoms with E-state index in [1.807, 2.05) is 11.3 Å². The summed E-state index contributed by atoms with van der Waals surface area (Å²) >= 11 is 1.92. The molecule has 0 radical (unpaired) electrons. The fourth-order valence-corrected chi connectivity index (χ4v) is 3.66. The summed E-state index contributed by atoms with van der Waals surface area (Å²) in [5.41, 5.74) is 7.50. The molecule has 96 valence electrons. The van der Waals surface area contributed by atoms with Crippen LogP contribution in [0.4, 0.5) is 0 Å². The molecule has 0 aromatic carbocycles. The number of hydrogen-bond donors (Lipinski definition) is 1. The van der Waals surface area contributed by atoms with Gasteiger partial charge in [0.25, 0.3) is 0 Å². The molecule has 2 heterocycles. The minimum absolute atomic E-state index is 0.363. The van der Waals surface area contributed by atoms with Crippen molar-refractivity contribution in [2.75, 3.05) is 13.1 Å². The molecule has 0 aliphatic carbocycles. The van der Waals surface area contributed by atoms with E-state index < -0.39 is 0 Å². The molecule has 2 N–H and O–H groups in total. The Morgan fingerprint density at radius 1 is 1.41 bits per heavy atom. The summed E-state index contributed by atoms with van der Waals surface area (Å²) in [5.74, 6) is 0.733. The average Bonchev–Trinajstić information content (AvgIpc) is 2.58. The van der Waals surface area contributed by atoms with Crippen molar-refractivity contribution in [3.63, 3.8) is 0 Å². The quantitative estimate of drug-likeness (QED) is 0.896. The number of thiophene rings is 1. The normalized spacial score (nSPS) is 20.7. The van der Waals surface area contributed by atoms with Gasteiger partial charge in [-0.3, -0.25) is 4.90 Å². The Morgan fingerprint density at radius 3 is 2.53 bits per heavy atom. The van der Waals surface area contributed by atoms with Crippen LogP contribution in [0.2, 0.25) is 0 Å². The number of aryl methyl sites for hydroxylation is 2. The van der Waals surface area contributed by atoms with E-state index in [2.05, 4.69) is 31.7 Å². The van der Waals surface area contributed by atoms with Crippen LogP contribution in [0.5, 0.6) is 0 Å². The van der Waals surface area contributed by atoms with Gasteiger partial charge in [0.15, 0.2) is 0 Å². The Bertz CT molecular complexity index is 362. The number of nitrogens with two attached hydrogens (primary N) is 1. The smallest absolute Gasteiger partial charge is 0.0244 e. The first kappa shape index (κ1) is 13.1. The predicted molar refractivity (Wildman–Crippen MR) is 75.4 cm³/mol. The highest BCUT2D eigenvalue weighted by atomic mass is 32.1. The Hall–Kier alpha value is -0.380. The van der Waals surface area contributed by atoms with Gasteiger partial charge in [-0.15, -0.1) is 11.3 Å². The third kappa shape index (κ3) is 3.30. The second-order valence-corrected chi connectivity index (χ2v) is 6.87. The van der Waals surface area contributed by atoms with Gasteiger partial charge in [0.05, 0.1) is 0 Å². The molecule has 0 amide bonds. The van der Waals surface area contributed by atoms with E-state index in [0.29, 0.717) is 6.04 Å². The van der Waals surface area contributed by atoms with Crippen molar-refractivity contribution < 1.29 is 0 Å². The molecule has 1 atom stereocenters. The van der Waals surface area contributed by atoms with Crippen LogP contribution in [0, 0.1) is 19.8 Å². The van der Waals surface area contributed by atoms with Crippen molar-refractivity contribution in [2.24, 2.45) is 11.7 Å². The van der Waals surface area contributed by atoms with E-state index in [1.165, 1.54) is 41.2 Å². The van der Waals surface area contributed by atoms with Crippen LogP contribution in [0.15, 0.2) is 6.07 Å². The van der Waals surface area contributed by atoms with E-state index in [4.69, 9.17) is 5.73 Å². The van der Waals surface area contributed by atoms with Gasteiger partial charge in [-0.1, -0.05) is 0 Å². The number of rotatable bonds is 3. The molecule has 1 saturated heterocycles. The summed E-state index contributed by atoms with van der Waals surface area (Å²) in [6.45, 7) is 10.1. The standard InChI is InChI=1S/C14H24N2S/c1-10-8-14(12(3)17-10)9-16-6-4-13(5-7-16)11(2)15/h8,11,13H,4-7,9,15H2,1-3H3. The van der Waals surface area contributed by atoms with Gasteiger partial charge in [0.2, 0.25) is 0 Å². The Morgan fingerprint density at radius 2 is 2.06 bits per heavy atom. The summed E-state index contributed by atoms with van der Waals surface area (Å²) in [7, 11) is 0. The van der Waals surface area contributed by atoms with Gasteiger partial charge in [-0.05, 0) is 64.3 Å². The molecule has 0 saturated carbocycles. The highest BCUT2D eigenvalue weighted by molar-refractivity contribution is 7.12. The van der Waals surface area contributed by atoms with E-state index in [0.717, 1.165) is 12.5 Å². The predicted octanol–water partition coefficient (Wildman–Crippen LogP) is 2.92. The number of hydrogen-bond acceptors (Lipinski definition) is 3. The van der Waals surface area contributed by atoms with E-state index in [1.54, 1.807) is 0 Å². The fraction of sp³-hybridized carbons (Fsp3) is 0.714. The van der Waals surface area contributed by atoms with Gasteiger partial charge < -0.3 is 5.73 Å². The Labute approximate surface area is 109 Å². The summed E-state index contributed by atoms with van der Waals surface area (Å²) in [6.07, 6.45) is 2.53. The molecule has 1 fully saturated rings. The molecule has 2 rings (SSSR count). The lowest BCUT2D eigenvalue weighted by atomic mass is 9.91. The van der Waals surface area contributed by atoms with E-state index in [9.17, 15) is 0 Å². The Kier molecular flexibility index (Phi) is 4.23. The summed E-state index contributed by atoms with van der Waals surface area (Å²) < 4.78 is 0. The molecule has 1 unspecified atom stereocenters. The zero-order chi connectivity index (χ0) is 12.4. The third-order valence-corrected chi connectivity index (χ3v) is 4.92. The minimum atomic E-state index is 0.363. The van der Waals surface area contributed by atoms with E-state index in [-0.39, 0.29) is 0 Å². The van der Waals surface area contributed by atoms with Crippen LogP contribution >= 0.6 is 11.3 Å². The largest absolute Gasteiger partial charge is 0.328 e. The zero-order valence-corrected chi connectivity index (χ0v) is 12.0. The van der Waals surface area contributed by atoms with E-state index >= 15 is 0 Å². The first-order chi connectivity index (χ1) is 8.06. The first-order valence-corrected chi connectivity index (χ1v) is 7.41. The Balaban J connectivity index is 1.88. The maximum absolute atomic E-state index is 5.98. The molecule has 1 aliphatic rings. The molecule has 1 aliphatic heterocycles. The zero-order valence-electron chi connectivity index (χ0n) is 11.2. The first-order valence-electron chi connectivity index (χ1n) is 6.60. The number of likely N-dealkylation sites (tertiary alicyclic amines) is 1. The van der Waals surface area contributed by atoms with Gasteiger partial charge in [-0.2, -0.15) is 0 Å². The van der Waals surface area contributed by atoms with Gasteiger partial charge in [-0.25, -0.2) is 0 Å². The van der Waals surface area contributed by atoms with Gasteiger partial charge in [0, 0.05) is 22.3 Å². The second-order valence-electron chi connectivity index (χ2n) is 5.41. The highest BCUT2D eigenvalue weighted by Crippen LogP contribution is 2.25. The molecule has 0 spiro atoms. The van der Waals surface area contributed by atoms with Crippen LogP contribution in [0.1, 0.15) is 35.1 Å². The van der Waals surface area contributed by atoms with Crippen LogP contribution in [0.3, 0.4) is 0 Å². The lowest BCUT2D eigenvalue weighted by Gasteiger charge is -2.33. The molecule has 17 heavy (non-hydrogen) atoms. The van der Waals surface area contributed by atoms with Gasteiger partial charge >= 0.3 is 0 Å². The van der Waals surface area contributed by atoms with Crippen molar-refractivity contribution in [3.05, 3.63) is 21.4 Å². The lowest BCUT2D eigenvalue weighted by Crippen LogP contribution is -2.39. The number of piperidine rings is 1. The summed E-state index contributed by atoms with van der Waals surface area (Å²) in [5, 5.41) is 0. The molecule has 0 bridgehead atoms.